The molecule has 0 fully saturated rings. The molecule has 0 bridgehead atoms. The molecule has 0 aliphatic carbocycles. The van der Waals surface area contributed by atoms with Crippen LogP contribution in [0.3, 0.4) is 0 Å². The van der Waals surface area contributed by atoms with E-state index >= 15 is 0 Å². The van der Waals surface area contributed by atoms with E-state index in [1.165, 1.54) is 5.56 Å². The molecule has 2 aromatic rings. The fourth-order valence-corrected chi connectivity index (χ4v) is 2.77. The normalized spacial score (nSPS) is 12.9. The van der Waals surface area contributed by atoms with Gasteiger partial charge in [-0.05, 0) is 40.5 Å². The molecule has 7 heteroatoms. The SMILES string of the molecule is Cc1[nH]ncc1CNCc1cc(Br)c2c(c1)OCCO2.Cl. The lowest BCUT2D eigenvalue weighted by atomic mass is 10.2. The maximum atomic E-state index is 5.62. The van der Waals surface area contributed by atoms with E-state index < -0.39 is 0 Å². The van der Waals surface area contributed by atoms with Crippen LogP contribution >= 0.6 is 28.3 Å². The predicted molar refractivity (Wildman–Crippen MR) is 86.2 cm³/mol. The summed E-state index contributed by atoms with van der Waals surface area (Å²) in [6.07, 6.45) is 1.85. The largest absolute Gasteiger partial charge is 0.486 e. The molecule has 21 heavy (non-hydrogen) atoms. The van der Waals surface area contributed by atoms with Gasteiger partial charge in [-0.1, -0.05) is 0 Å². The van der Waals surface area contributed by atoms with E-state index in [0.717, 1.165) is 40.3 Å². The standard InChI is InChI=1S/C14H16BrN3O2.ClH/c1-9-11(8-17-18-9)7-16-6-10-4-12(15)14-13(5-10)19-2-3-20-14;/h4-5,8,16H,2-3,6-7H2,1H3,(H,17,18);1H. The van der Waals surface area contributed by atoms with Crippen molar-refractivity contribution >= 4 is 28.3 Å². The fraction of sp³-hybridized carbons (Fsp3) is 0.357. The Morgan fingerprint density at radius 2 is 2.10 bits per heavy atom. The van der Waals surface area contributed by atoms with Crippen LogP contribution in [0.15, 0.2) is 22.8 Å². The summed E-state index contributed by atoms with van der Waals surface area (Å²) in [4.78, 5) is 0. The fourth-order valence-electron chi connectivity index (χ4n) is 2.16. The topological polar surface area (TPSA) is 59.2 Å². The van der Waals surface area contributed by atoms with Crippen LogP contribution in [0.25, 0.3) is 0 Å². The highest BCUT2D eigenvalue weighted by Crippen LogP contribution is 2.38. The molecular weight excluding hydrogens is 358 g/mol. The van der Waals surface area contributed by atoms with Crippen molar-refractivity contribution in [2.75, 3.05) is 13.2 Å². The second-order valence-electron chi connectivity index (χ2n) is 4.73. The van der Waals surface area contributed by atoms with Crippen LogP contribution in [-0.4, -0.2) is 23.4 Å². The number of nitrogens with one attached hydrogen (secondary N) is 2. The van der Waals surface area contributed by atoms with Gasteiger partial charge in [-0.2, -0.15) is 5.10 Å². The van der Waals surface area contributed by atoms with Gasteiger partial charge in [0, 0.05) is 24.3 Å². The van der Waals surface area contributed by atoms with Crippen molar-refractivity contribution in [1.29, 1.82) is 0 Å². The van der Waals surface area contributed by atoms with E-state index in [4.69, 9.17) is 9.47 Å². The molecule has 114 valence electrons. The average molecular weight is 375 g/mol. The van der Waals surface area contributed by atoms with Crippen molar-refractivity contribution in [2.24, 2.45) is 0 Å². The van der Waals surface area contributed by atoms with Gasteiger partial charge in [0.05, 0.1) is 10.7 Å². The first kappa shape index (κ1) is 16.1. The zero-order valence-corrected chi connectivity index (χ0v) is 14.0. The number of fused-ring (bicyclic) bond motifs is 1. The van der Waals surface area contributed by atoms with Crippen molar-refractivity contribution < 1.29 is 9.47 Å². The lowest BCUT2D eigenvalue weighted by Gasteiger charge is -2.20. The number of aryl methyl sites for hydroxylation is 1. The van der Waals surface area contributed by atoms with Crippen LogP contribution in [0.1, 0.15) is 16.8 Å². The Kier molecular flexibility index (Phi) is 5.50. The molecule has 5 nitrogen and oxygen atoms in total. The number of H-pyrrole nitrogens is 1. The summed E-state index contributed by atoms with van der Waals surface area (Å²) in [5.74, 6) is 1.60. The smallest absolute Gasteiger partial charge is 0.175 e. The molecule has 1 aromatic carbocycles. The van der Waals surface area contributed by atoms with Crippen LogP contribution in [0, 0.1) is 6.92 Å². The van der Waals surface area contributed by atoms with Crippen molar-refractivity contribution in [1.82, 2.24) is 15.5 Å². The molecule has 0 radical (unpaired) electrons. The Morgan fingerprint density at radius 3 is 2.86 bits per heavy atom. The molecule has 0 atom stereocenters. The van der Waals surface area contributed by atoms with Crippen molar-refractivity contribution in [2.45, 2.75) is 20.0 Å². The molecule has 0 unspecified atom stereocenters. The third kappa shape index (κ3) is 3.70. The van der Waals surface area contributed by atoms with Gasteiger partial charge in [-0.25, -0.2) is 0 Å². The van der Waals surface area contributed by atoms with Gasteiger partial charge in [0.2, 0.25) is 0 Å². The molecule has 1 aromatic heterocycles. The van der Waals surface area contributed by atoms with E-state index in [1.807, 2.05) is 19.2 Å². The highest BCUT2D eigenvalue weighted by molar-refractivity contribution is 9.10. The van der Waals surface area contributed by atoms with Gasteiger partial charge in [0.15, 0.2) is 11.5 Å². The van der Waals surface area contributed by atoms with E-state index in [2.05, 4.69) is 37.5 Å². The number of benzene rings is 1. The van der Waals surface area contributed by atoms with Gasteiger partial charge < -0.3 is 14.8 Å². The number of aromatic nitrogens is 2. The van der Waals surface area contributed by atoms with Crippen LogP contribution in [0.2, 0.25) is 0 Å². The Labute approximate surface area is 138 Å². The Balaban J connectivity index is 0.00000161. The Hall–Kier alpha value is -1.24. The predicted octanol–water partition coefficient (Wildman–Crippen LogP) is 2.96. The van der Waals surface area contributed by atoms with Crippen LogP contribution in [-0.2, 0) is 13.1 Å². The summed E-state index contributed by atoms with van der Waals surface area (Å²) in [7, 11) is 0. The van der Waals surface area contributed by atoms with E-state index in [-0.39, 0.29) is 12.4 Å². The van der Waals surface area contributed by atoms with E-state index in [1.54, 1.807) is 0 Å². The number of halogens is 2. The third-order valence-corrected chi connectivity index (χ3v) is 3.82. The first-order valence-electron chi connectivity index (χ1n) is 6.51. The molecule has 1 aliphatic heterocycles. The number of aromatic amines is 1. The summed E-state index contributed by atoms with van der Waals surface area (Å²) in [5, 5.41) is 10.3. The number of ether oxygens (including phenoxy) is 2. The minimum atomic E-state index is 0. The lowest BCUT2D eigenvalue weighted by Crippen LogP contribution is -2.17. The minimum absolute atomic E-state index is 0. The molecule has 2 N–H and O–H groups in total. The molecule has 2 heterocycles. The Bertz CT molecular complexity index is 618. The second-order valence-corrected chi connectivity index (χ2v) is 5.58. The molecule has 0 saturated heterocycles. The molecular formula is C14H17BrClN3O2. The first-order valence-corrected chi connectivity index (χ1v) is 7.31. The zero-order valence-electron chi connectivity index (χ0n) is 11.6. The number of hydrogen-bond donors (Lipinski definition) is 2. The van der Waals surface area contributed by atoms with Crippen molar-refractivity contribution in [3.05, 3.63) is 39.6 Å². The summed E-state index contributed by atoms with van der Waals surface area (Å²) in [6, 6.07) is 4.08. The monoisotopic (exact) mass is 373 g/mol. The number of rotatable bonds is 4. The molecule has 1 aliphatic rings. The van der Waals surface area contributed by atoms with Crippen molar-refractivity contribution in [3.8, 4) is 11.5 Å². The molecule has 3 rings (SSSR count). The minimum Gasteiger partial charge on any atom is -0.486 e. The highest BCUT2D eigenvalue weighted by atomic mass is 79.9. The highest BCUT2D eigenvalue weighted by Gasteiger charge is 2.16. The number of nitrogens with zero attached hydrogens (tertiary/aromatic N) is 1. The van der Waals surface area contributed by atoms with Crippen LogP contribution in [0.4, 0.5) is 0 Å². The zero-order chi connectivity index (χ0) is 13.9. The van der Waals surface area contributed by atoms with E-state index in [0.29, 0.717) is 13.2 Å². The van der Waals surface area contributed by atoms with Gasteiger partial charge >= 0.3 is 0 Å². The summed E-state index contributed by atoms with van der Waals surface area (Å²) in [6.45, 7) is 4.77. The third-order valence-electron chi connectivity index (χ3n) is 3.24. The average Bonchev–Trinajstić information content (AvgIpc) is 2.85. The maximum Gasteiger partial charge on any atom is 0.175 e. The Morgan fingerprint density at radius 1 is 1.29 bits per heavy atom. The van der Waals surface area contributed by atoms with Gasteiger partial charge in [-0.15, -0.1) is 12.4 Å². The quantitative estimate of drug-likeness (QED) is 0.864. The summed E-state index contributed by atoms with van der Waals surface area (Å²) in [5.41, 5.74) is 3.43. The summed E-state index contributed by atoms with van der Waals surface area (Å²) >= 11 is 3.53. The maximum absolute atomic E-state index is 5.62. The molecule has 0 saturated carbocycles. The first-order chi connectivity index (χ1) is 9.74. The van der Waals surface area contributed by atoms with Gasteiger partial charge in [-0.3, -0.25) is 5.10 Å². The lowest BCUT2D eigenvalue weighted by molar-refractivity contribution is 0.170. The summed E-state index contributed by atoms with van der Waals surface area (Å²) < 4.78 is 12.1. The van der Waals surface area contributed by atoms with E-state index in [9.17, 15) is 0 Å². The molecule has 0 amide bonds. The van der Waals surface area contributed by atoms with Crippen LogP contribution < -0.4 is 14.8 Å². The van der Waals surface area contributed by atoms with Crippen LogP contribution in [0.5, 0.6) is 11.5 Å². The van der Waals surface area contributed by atoms with Gasteiger partial charge in [0.1, 0.15) is 13.2 Å². The second kappa shape index (κ2) is 7.15. The number of hydrogen-bond acceptors (Lipinski definition) is 4. The van der Waals surface area contributed by atoms with Gasteiger partial charge in [0.25, 0.3) is 0 Å². The molecule has 0 spiro atoms. The van der Waals surface area contributed by atoms with Crippen molar-refractivity contribution in [3.63, 3.8) is 0 Å².